The van der Waals surface area contributed by atoms with E-state index in [0.717, 1.165) is 4.88 Å². The number of hydrogen-bond donors (Lipinski definition) is 1. The first-order valence-electron chi connectivity index (χ1n) is 10.6. The van der Waals surface area contributed by atoms with Crippen molar-refractivity contribution in [1.82, 2.24) is 14.3 Å². The smallest absolute Gasteiger partial charge is 0.307 e. The van der Waals surface area contributed by atoms with Crippen LogP contribution in [0, 0.1) is 5.41 Å². The molecule has 0 unspecified atom stereocenters. The molecule has 0 aliphatic carbocycles. The number of aryl methyl sites for hydroxylation is 1. The normalized spacial score (nSPS) is 11.4. The maximum Gasteiger partial charge on any atom is 0.307 e. The van der Waals surface area contributed by atoms with E-state index in [1.165, 1.54) is 20.6 Å². The zero-order valence-corrected chi connectivity index (χ0v) is 20.6. The monoisotopic (exact) mass is 490 g/mol. The summed E-state index contributed by atoms with van der Waals surface area (Å²) in [5, 5.41) is 7.70. The Kier molecular flexibility index (Phi) is 7.76. The number of carbonyl (C=O) groups is 2. The van der Waals surface area contributed by atoms with Gasteiger partial charge in [-0.3, -0.25) is 14.4 Å². The van der Waals surface area contributed by atoms with E-state index in [1.54, 1.807) is 31.3 Å². The average Bonchev–Trinajstić information content (AvgIpc) is 3.36. The number of pyridine rings is 1. The lowest BCUT2D eigenvalue weighted by Gasteiger charge is -2.18. The van der Waals surface area contributed by atoms with Gasteiger partial charge in [-0.1, -0.05) is 32.4 Å². The van der Waals surface area contributed by atoms with Crippen LogP contribution < -0.4 is 10.9 Å². The highest BCUT2D eigenvalue weighted by Gasteiger charge is 2.27. The third-order valence-electron chi connectivity index (χ3n) is 4.77. The van der Waals surface area contributed by atoms with E-state index in [4.69, 9.17) is 16.3 Å². The number of aromatic nitrogens is 3. The van der Waals surface area contributed by atoms with Gasteiger partial charge in [0.05, 0.1) is 29.5 Å². The van der Waals surface area contributed by atoms with Gasteiger partial charge in [0.1, 0.15) is 11.5 Å². The van der Waals surface area contributed by atoms with Crippen molar-refractivity contribution in [1.29, 1.82) is 0 Å². The van der Waals surface area contributed by atoms with E-state index in [0.29, 0.717) is 34.6 Å². The second-order valence-corrected chi connectivity index (χ2v) is 10.2. The number of halogens is 1. The molecule has 33 heavy (non-hydrogen) atoms. The van der Waals surface area contributed by atoms with Crippen LogP contribution in [-0.4, -0.2) is 32.8 Å². The second-order valence-electron chi connectivity index (χ2n) is 8.42. The summed E-state index contributed by atoms with van der Waals surface area (Å²) >= 11 is 7.46. The van der Waals surface area contributed by atoms with Gasteiger partial charge in [-0.05, 0) is 31.2 Å². The highest BCUT2D eigenvalue weighted by molar-refractivity contribution is 7.16. The fraction of sp³-hybridized carbons (Fsp3) is 0.391. The molecule has 0 fully saturated rings. The van der Waals surface area contributed by atoms with E-state index in [-0.39, 0.29) is 30.4 Å². The highest BCUT2D eigenvalue weighted by Crippen LogP contribution is 2.26. The van der Waals surface area contributed by atoms with Gasteiger partial charge in [-0.2, -0.15) is 9.78 Å². The van der Waals surface area contributed by atoms with Crippen LogP contribution in [0.1, 0.15) is 43.8 Å². The molecule has 3 aromatic rings. The number of rotatable bonds is 8. The Bertz CT molecular complexity index is 1210. The molecule has 3 heterocycles. The summed E-state index contributed by atoms with van der Waals surface area (Å²) < 4.78 is 8.36. The zero-order chi connectivity index (χ0) is 24.2. The standard InChI is InChI=1S/C23H27ClN4O4S/c1-5-32-20(29)10-12-27-11-6-7-16(21(27)30)17-13-19(25-14-15-8-9-18(24)33-15)28(26-17)22(31)23(2,3)4/h6-9,11,13,25H,5,10,12,14H2,1-4H3. The number of anilines is 1. The zero-order valence-electron chi connectivity index (χ0n) is 19.1. The third kappa shape index (κ3) is 6.11. The van der Waals surface area contributed by atoms with Gasteiger partial charge in [-0.15, -0.1) is 11.3 Å². The lowest BCUT2D eigenvalue weighted by molar-refractivity contribution is -0.143. The van der Waals surface area contributed by atoms with Crippen LogP contribution in [0.3, 0.4) is 0 Å². The molecule has 0 aromatic carbocycles. The second kappa shape index (κ2) is 10.4. The molecule has 0 saturated carbocycles. The van der Waals surface area contributed by atoms with Gasteiger partial charge in [0.2, 0.25) is 0 Å². The Morgan fingerprint density at radius 1 is 1.24 bits per heavy atom. The van der Waals surface area contributed by atoms with Crippen LogP contribution in [-0.2, 0) is 22.6 Å². The molecule has 0 amide bonds. The fourth-order valence-electron chi connectivity index (χ4n) is 3.09. The Balaban J connectivity index is 1.93. The summed E-state index contributed by atoms with van der Waals surface area (Å²) in [5.41, 5.74) is -0.271. The maximum atomic E-state index is 13.1. The number of nitrogens with zero attached hydrogens (tertiary/aromatic N) is 3. The Morgan fingerprint density at radius 2 is 2.00 bits per heavy atom. The summed E-state index contributed by atoms with van der Waals surface area (Å²) in [6, 6.07) is 8.78. The Labute approximate surface area is 201 Å². The van der Waals surface area contributed by atoms with Crippen molar-refractivity contribution in [2.24, 2.45) is 5.41 Å². The number of thiophene rings is 1. The third-order valence-corrected chi connectivity index (χ3v) is 6.01. The largest absolute Gasteiger partial charge is 0.466 e. The Hall–Kier alpha value is -2.91. The predicted molar refractivity (Wildman–Crippen MR) is 130 cm³/mol. The lowest BCUT2D eigenvalue weighted by Crippen LogP contribution is -2.29. The molecule has 0 radical (unpaired) electrons. The molecule has 10 heteroatoms. The summed E-state index contributed by atoms with van der Waals surface area (Å²) in [6.45, 7) is 8.11. The van der Waals surface area contributed by atoms with Crippen molar-refractivity contribution in [3.63, 3.8) is 0 Å². The van der Waals surface area contributed by atoms with Gasteiger partial charge in [0.15, 0.2) is 0 Å². The van der Waals surface area contributed by atoms with E-state index in [2.05, 4.69) is 10.4 Å². The van der Waals surface area contributed by atoms with Gasteiger partial charge in [-0.25, -0.2) is 0 Å². The SMILES string of the molecule is CCOC(=O)CCn1cccc(-c2cc(NCc3ccc(Cl)s3)n(C(=O)C(C)(C)C)n2)c1=O. The average molecular weight is 491 g/mol. The molecule has 176 valence electrons. The molecular weight excluding hydrogens is 464 g/mol. The maximum absolute atomic E-state index is 13.1. The first-order chi connectivity index (χ1) is 15.6. The molecule has 0 spiro atoms. The van der Waals surface area contributed by atoms with E-state index in [1.807, 2.05) is 32.9 Å². The molecule has 1 N–H and O–H groups in total. The highest BCUT2D eigenvalue weighted by atomic mass is 35.5. The van der Waals surface area contributed by atoms with Crippen LogP contribution in [0.15, 0.2) is 41.3 Å². The van der Waals surface area contributed by atoms with Crippen LogP contribution in [0.2, 0.25) is 4.34 Å². The molecular formula is C23H27ClN4O4S. The number of esters is 1. The molecule has 0 aliphatic heterocycles. The van der Waals surface area contributed by atoms with E-state index >= 15 is 0 Å². The molecule has 0 bridgehead atoms. The topological polar surface area (TPSA) is 95.2 Å². The number of hydrogen-bond acceptors (Lipinski definition) is 7. The number of carbonyl (C=O) groups excluding carboxylic acids is 2. The van der Waals surface area contributed by atoms with Crippen molar-refractivity contribution in [2.45, 2.75) is 47.2 Å². The minimum Gasteiger partial charge on any atom is -0.466 e. The molecule has 0 atom stereocenters. The van der Waals surface area contributed by atoms with Crippen molar-refractivity contribution in [2.75, 3.05) is 11.9 Å². The van der Waals surface area contributed by atoms with E-state index in [9.17, 15) is 14.4 Å². The number of ether oxygens (including phenoxy) is 1. The van der Waals surface area contributed by atoms with Crippen LogP contribution in [0.5, 0.6) is 0 Å². The Morgan fingerprint density at radius 3 is 2.64 bits per heavy atom. The van der Waals surface area contributed by atoms with Crippen LogP contribution in [0.4, 0.5) is 5.82 Å². The molecule has 8 nitrogen and oxygen atoms in total. The van der Waals surface area contributed by atoms with Gasteiger partial charge < -0.3 is 14.6 Å². The summed E-state index contributed by atoms with van der Waals surface area (Å²) in [7, 11) is 0. The number of nitrogens with one attached hydrogen (secondary N) is 1. The molecule has 0 aliphatic rings. The van der Waals surface area contributed by atoms with Crippen molar-refractivity contribution in [3.8, 4) is 11.3 Å². The van der Waals surface area contributed by atoms with Crippen molar-refractivity contribution >= 4 is 40.6 Å². The van der Waals surface area contributed by atoms with Gasteiger partial charge in [0.25, 0.3) is 11.5 Å². The first kappa shape index (κ1) is 24.7. The quantitative estimate of drug-likeness (QED) is 0.461. The predicted octanol–water partition coefficient (Wildman–Crippen LogP) is 4.68. The summed E-state index contributed by atoms with van der Waals surface area (Å²) in [6.07, 6.45) is 1.70. The van der Waals surface area contributed by atoms with Crippen LogP contribution in [0.25, 0.3) is 11.3 Å². The fourth-order valence-corrected chi connectivity index (χ4v) is 4.12. The van der Waals surface area contributed by atoms with E-state index < -0.39 is 5.41 Å². The van der Waals surface area contributed by atoms with Crippen LogP contribution >= 0.6 is 22.9 Å². The van der Waals surface area contributed by atoms with Crippen molar-refractivity contribution in [3.05, 3.63) is 56.1 Å². The minimum absolute atomic E-state index is 0.0876. The van der Waals surface area contributed by atoms with Gasteiger partial charge >= 0.3 is 5.97 Å². The first-order valence-corrected chi connectivity index (χ1v) is 11.8. The molecule has 0 saturated heterocycles. The molecule has 3 rings (SSSR count). The summed E-state index contributed by atoms with van der Waals surface area (Å²) in [5.74, 6) is -0.0928. The summed E-state index contributed by atoms with van der Waals surface area (Å²) in [4.78, 5) is 38.8. The van der Waals surface area contributed by atoms with Gasteiger partial charge in [0, 0.05) is 29.1 Å². The van der Waals surface area contributed by atoms with Crippen molar-refractivity contribution < 1.29 is 14.3 Å². The molecule has 3 aromatic heterocycles. The lowest BCUT2D eigenvalue weighted by atomic mass is 9.96. The minimum atomic E-state index is -0.678.